The number of anilines is 1. The second kappa shape index (κ2) is 6.12. The molecule has 19 heavy (non-hydrogen) atoms. The van der Waals surface area contributed by atoms with Crippen molar-refractivity contribution >= 4 is 23.1 Å². The third-order valence-corrected chi connectivity index (χ3v) is 3.53. The highest BCUT2D eigenvalue weighted by atomic mass is 35.5. The number of halogens is 1. The minimum absolute atomic E-state index is 0.122. The second-order valence-electron chi connectivity index (χ2n) is 4.56. The van der Waals surface area contributed by atoms with Crippen molar-refractivity contribution in [3.63, 3.8) is 0 Å². The van der Waals surface area contributed by atoms with Crippen LogP contribution in [0.3, 0.4) is 0 Å². The predicted octanol–water partition coefficient (Wildman–Crippen LogP) is 1.57. The number of likely N-dealkylation sites (tertiary alicyclic amines) is 1. The molecule has 104 valence electrons. The Morgan fingerprint density at radius 2 is 2.16 bits per heavy atom. The number of hydrogen-bond acceptors (Lipinski definition) is 6. The lowest BCUT2D eigenvalue weighted by molar-refractivity contribution is -0.384. The van der Waals surface area contributed by atoms with Gasteiger partial charge in [0.2, 0.25) is 11.0 Å². The summed E-state index contributed by atoms with van der Waals surface area (Å²) in [6.07, 6.45) is 3.70. The van der Waals surface area contributed by atoms with Crippen LogP contribution in [-0.4, -0.2) is 53.0 Å². The zero-order valence-corrected chi connectivity index (χ0v) is 11.5. The monoisotopic (exact) mass is 285 g/mol. The van der Waals surface area contributed by atoms with E-state index >= 15 is 0 Å². The van der Waals surface area contributed by atoms with Crippen LogP contribution in [0.1, 0.15) is 12.8 Å². The van der Waals surface area contributed by atoms with E-state index in [1.807, 2.05) is 0 Å². The van der Waals surface area contributed by atoms with Gasteiger partial charge in [0.1, 0.15) is 6.33 Å². The van der Waals surface area contributed by atoms with E-state index in [0.717, 1.165) is 19.6 Å². The molecule has 0 N–H and O–H groups in total. The molecule has 1 aromatic rings. The van der Waals surface area contributed by atoms with E-state index in [9.17, 15) is 10.1 Å². The van der Waals surface area contributed by atoms with Crippen LogP contribution in [0.5, 0.6) is 0 Å². The van der Waals surface area contributed by atoms with Crippen LogP contribution in [0.4, 0.5) is 11.5 Å². The Bertz CT molecular complexity index is 464. The summed E-state index contributed by atoms with van der Waals surface area (Å²) in [4.78, 5) is 22.2. The van der Waals surface area contributed by atoms with Crippen molar-refractivity contribution in [2.75, 3.05) is 38.1 Å². The highest BCUT2D eigenvalue weighted by molar-refractivity contribution is 6.31. The first-order valence-corrected chi connectivity index (χ1v) is 6.56. The van der Waals surface area contributed by atoms with Gasteiger partial charge < -0.3 is 9.80 Å². The fourth-order valence-corrected chi connectivity index (χ4v) is 2.39. The van der Waals surface area contributed by atoms with Gasteiger partial charge in [0.05, 0.1) is 4.92 Å². The summed E-state index contributed by atoms with van der Waals surface area (Å²) in [6, 6.07) is 0. The third-order valence-electron chi connectivity index (χ3n) is 3.25. The Kier molecular flexibility index (Phi) is 4.49. The van der Waals surface area contributed by atoms with Crippen LogP contribution in [0.15, 0.2) is 6.33 Å². The Hall–Kier alpha value is -1.47. The summed E-state index contributed by atoms with van der Waals surface area (Å²) in [5, 5.41) is 10.9. The molecular formula is C11H16ClN5O2. The lowest BCUT2D eigenvalue weighted by Crippen LogP contribution is -2.32. The zero-order valence-electron chi connectivity index (χ0n) is 10.8. The summed E-state index contributed by atoms with van der Waals surface area (Å²) in [5.74, 6) is 0.268. The molecule has 2 rings (SSSR count). The standard InChI is InChI=1S/C11H16ClN5O2/c1-15(6-7-16-4-2-3-5-16)11-9(17(18)19)10(12)13-8-14-11/h8H,2-7H2,1H3. The summed E-state index contributed by atoms with van der Waals surface area (Å²) in [5.41, 5.74) is -0.229. The fraction of sp³-hybridized carbons (Fsp3) is 0.636. The van der Waals surface area contributed by atoms with Crippen molar-refractivity contribution in [3.8, 4) is 0 Å². The molecule has 1 saturated heterocycles. The van der Waals surface area contributed by atoms with Crippen molar-refractivity contribution in [2.24, 2.45) is 0 Å². The van der Waals surface area contributed by atoms with Crippen molar-refractivity contribution in [3.05, 3.63) is 21.6 Å². The molecular weight excluding hydrogens is 270 g/mol. The molecule has 8 heteroatoms. The number of aromatic nitrogens is 2. The van der Waals surface area contributed by atoms with Gasteiger partial charge in [-0.05, 0) is 25.9 Å². The maximum atomic E-state index is 11.0. The largest absolute Gasteiger partial charge is 0.353 e. The molecule has 0 atom stereocenters. The van der Waals surface area contributed by atoms with Crippen molar-refractivity contribution in [2.45, 2.75) is 12.8 Å². The number of likely N-dealkylation sites (N-methyl/N-ethyl adjacent to an activating group) is 1. The molecule has 0 spiro atoms. The Morgan fingerprint density at radius 1 is 1.47 bits per heavy atom. The molecule has 0 saturated carbocycles. The molecule has 1 aliphatic heterocycles. The number of hydrogen-bond donors (Lipinski definition) is 0. The third kappa shape index (κ3) is 3.30. The van der Waals surface area contributed by atoms with Crippen LogP contribution >= 0.6 is 11.6 Å². The van der Waals surface area contributed by atoms with Crippen LogP contribution in [0.25, 0.3) is 0 Å². The minimum atomic E-state index is -0.538. The van der Waals surface area contributed by atoms with Gasteiger partial charge in [0.15, 0.2) is 0 Å². The average Bonchev–Trinajstić information content (AvgIpc) is 2.88. The van der Waals surface area contributed by atoms with E-state index in [1.165, 1.54) is 19.2 Å². The molecule has 0 radical (unpaired) electrons. The first-order valence-electron chi connectivity index (χ1n) is 6.18. The van der Waals surface area contributed by atoms with E-state index in [0.29, 0.717) is 6.54 Å². The molecule has 7 nitrogen and oxygen atoms in total. The average molecular weight is 286 g/mol. The van der Waals surface area contributed by atoms with Crippen LogP contribution < -0.4 is 4.90 Å². The first kappa shape index (κ1) is 14.0. The van der Waals surface area contributed by atoms with Gasteiger partial charge in [0, 0.05) is 20.1 Å². The van der Waals surface area contributed by atoms with Gasteiger partial charge in [-0.3, -0.25) is 10.1 Å². The first-order chi connectivity index (χ1) is 9.09. The smallest absolute Gasteiger partial charge is 0.348 e. The molecule has 1 fully saturated rings. The van der Waals surface area contributed by atoms with Gasteiger partial charge in [-0.15, -0.1) is 0 Å². The maximum absolute atomic E-state index is 11.0. The number of nitro groups is 1. The van der Waals surface area contributed by atoms with E-state index in [4.69, 9.17) is 11.6 Å². The molecule has 1 aromatic heterocycles. The molecule has 0 amide bonds. The minimum Gasteiger partial charge on any atom is -0.353 e. The maximum Gasteiger partial charge on any atom is 0.348 e. The van der Waals surface area contributed by atoms with E-state index in [-0.39, 0.29) is 16.7 Å². The van der Waals surface area contributed by atoms with Gasteiger partial charge in [-0.2, -0.15) is 0 Å². The van der Waals surface area contributed by atoms with Gasteiger partial charge in [0.25, 0.3) is 0 Å². The zero-order chi connectivity index (χ0) is 13.8. The van der Waals surface area contributed by atoms with Crippen molar-refractivity contribution in [1.29, 1.82) is 0 Å². The summed E-state index contributed by atoms with van der Waals surface area (Å²) in [7, 11) is 1.78. The summed E-state index contributed by atoms with van der Waals surface area (Å²) >= 11 is 5.77. The second-order valence-corrected chi connectivity index (χ2v) is 4.92. The highest BCUT2D eigenvalue weighted by Gasteiger charge is 2.24. The van der Waals surface area contributed by atoms with Crippen molar-refractivity contribution in [1.82, 2.24) is 14.9 Å². The van der Waals surface area contributed by atoms with E-state index < -0.39 is 4.92 Å². The Labute approximate surface area is 116 Å². The van der Waals surface area contributed by atoms with Gasteiger partial charge in [-0.1, -0.05) is 11.6 Å². The molecule has 0 aliphatic carbocycles. The Balaban J connectivity index is 2.07. The Morgan fingerprint density at radius 3 is 2.79 bits per heavy atom. The van der Waals surface area contributed by atoms with E-state index in [1.54, 1.807) is 11.9 Å². The summed E-state index contributed by atoms with van der Waals surface area (Å²) < 4.78 is 0. The highest BCUT2D eigenvalue weighted by Crippen LogP contribution is 2.30. The molecule has 0 bridgehead atoms. The van der Waals surface area contributed by atoms with Crippen LogP contribution in [0.2, 0.25) is 5.15 Å². The molecule has 2 heterocycles. The number of rotatable bonds is 5. The van der Waals surface area contributed by atoms with Crippen LogP contribution in [-0.2, 0) is 0 Å². The predicted molar refractivity (Wildman–Crippen MR) is 72.6 cm³/mol. The molecule has 1 aliphatic rings. The quantitative estimate of drug-likeness (QED) is 0.464. The number of nitrogens with zero attached hydrogens (tertiary/aromatic N) is 5. The summed E-state index contributed by atoms with van der Waals surface area (Å²) in [6.45, 7) is 3.74. The molecule has 0 aromatic carbocycles. The van der Waals surface area contributed by atoms with Crippen LogP contribution in [0, 0.1) is 10.1 Å². The fourth-order valence-electron chi connectivity index (χ4n) is 2.19. The van der Waals surface area contributed by atoms with Gasteiger partial charge in [-0.25, -0.2) is 9.97 Å². The SMILES string of the molecule is CN(CCN1CCCC1)c1ncnc(Cl)c1[N+](=O)[O-]. The normalized spacial score (nSPS) is 15.7. The topological polar surface area (TPSA) is 75.4 Å². The van der Waals surface area contributed by atoms with Gasteiger partial charge >= 0.3 is 5.69 Å². The molecule has 0 unspecified atom stereocenters. The lowest BCUT2D eigenvalue weighted by Gasteiger charge is -2.21. The van der Waals surface area contributed by atoms with E-state index in [2.05, 4.69) is 14.9 Å². The van der Waals surface area contributed by atoms with Crippen molar-refractivity contribution < 1.29 is 4.92 Å². The lowest BCUT2D eigenvalue weighted by atomic mass is 10.4.